The van der Waals surface area contributed by atoms with Crippen LogP contribution in [0.4, 0.5) is 9.18 Å². The maximum Gasteiger partial charge on any atom is 0.318 e. The maximum absolute atomic E-state index is 13.5. The summed E-state index contributed by atoms with van der Waals surface area (Å²) in [6.07, 6.45) is -1.95. The molecule has 4 N–H and O–H groups in total. The van der Waals surface area contributed by atoms with Gasteiger partial charge >= 0.3 is 6.03 Å². The lowest BCUT2D eigenvalue weighted by Gasteiger charge is -2.14. The first-order valence-electron chi connectivity index (χ1n) is 5.55. The molecule has 0 aromatic heterocycles. The number of carbonyl (C=O) groups is 2. The molecule has 0 aliphatic carbocycles. The molecule has 0 saturated heterocycles. The minimum absolute atomic E-state index is 0.106. The second-order valence-electron chi connectivity index (χ2n) is 3.97. The number of ether oxygens (including phenoxy) is 1. The van der Waals surface area contributed by atoms with Gasteiger partial charge in [-0.2, -0.15) is 0 Å². The molecule has 1 unspecified atom stereocenters. The van der Waals surface area contributed by atoms with E-state index in [1.54, 1.807) is 0 Å². The molecule has 0 radical (unpaired) electrons. The number of nitrogens with one attached hydrogen (secondary N) is 1. The van der Waals surface area contributed by atoms with E-state index in [0.717, 1.165) is 6.07 Å². The van der Waals surface area contributed by atoms with E-state index in [4.69, 9.17) is 10.5 Å². The molecule has 0 fully saturated rings. The van der Waals surface area contributed by atoms with Gasteiger partial charge in [0.1, 0.15) is 11.6 Å². The summed E-state index contributed by atoms with van der Waals surface area (Å²) < 4.78 is 18.7. The van der Waals surface area contributed by atoms with E-state index in [0.29, 0.717) is 0 Å². The predicted molar refractivity (Wildman–Crippen MR) is 64.8 cm³/mol. The van der Waals surface area contributed by atoms with E-state index in [9.17, 15) is 19.1 Å². The topological polar surface area (TPSA) is 102 Å². The second kappa shape index (κ2) is 6.14. The highest BCUT2D eigenvalue weighted by atomic mass is 19.1. The predicted octanol–water partition coefficient (Wildman–Crippen LogP) is 0.841. The van der Waals surface area contributed by atoms with E-state index in [2.05, 4.69) is 0 Å². The zero-order valence-electron chi connectivity index (χ0n) is 10.5. The molecule has 0 spiro atoms. The van der Waals surface area contributed by atoms with Gasteiger partial charge in [-0.25, -0.2) is 9.18 Å². The number of imide groups is 1. The van der Waals surface area contributed by atoms with Crippen LogP contribution in [0.15, 0.2) is 18.2 Å². The number of urea groups is 1. The number of amides is 3. The molecular formula is C12H15FN2O4. The van der Waals surface area contributed by atoms with Crippen molar-refractivity contribution in [1.29, 1.82) is 0 Å². The SMILES string of the molecule is CC(Oc1ccc([C@@H](C)O)c(F)c1)C(=O)NC(N)=O. The zero-order chi connectivity index (χ0) is 14.6. The Labute approximate surface area is 109 Å². The fourth-order valence-electron chi connectivity index (χ4n) is 1.40. The molecule has 3 amide bonds. The average Bonchev–Trinajstić information content (AvgIpc) is 2.27. The molecule has 1 aromatic rings. The van der Waals surface area contributed by atoms with Gasteiger partial charge in [0, 0.05) is 11.6 Å². The van der Waals surface area contributed by atoms with Gasteiger partial charge in [-0.3, -0.25) is 10.1 Å². The number of aliphatic hydroxyl groups is 1. The highest BCUT2D eigenvalue weighted by Crippen LogP contribution is 2.22. The first-order chi connectivity index (χ1) is 8.81. The summed E-state index contributed by atoms with van der Waals surface area (Å²) in [5, 5.41) is 11.1. The highest BCUT2D eigenvalue weighted by molar-refractivity contribution is 5.95. The van der Waals surface area contributed by atoms with Crippen LogP contribution < -0.4 is 15.8 Å². The molecule has 1 rings (SSSR count). The summed E-state index contributed by atoms with van der Waals surface area (Å²) in [4.78, 5) is 21.8. The number of hydrogen-bond acceptors (Lipinski definition) is 4. The summed E-state index contributed by atoms with van der Waals surface area (Å²) in [6.45, 7) is 2.82. The van der Waals surface area contributed by atoms with Crippen LogP contribution in [0.5, 0.6) is 5.75 Å². The van der Waals surface area contributed by atoms with Gasteiger partial charge in [0.25, 0.3) is 5.91 Å². The lowest BCUT2D eigenvalue weighted by atomic mass is 10.1. The van der Waals surface area contributed by atoms with Crippen LogP contribution in [-0.2, 0) is 4.79 Å². The molecule has 0 aliphatic rings. The molecule has 1 aromatic carbocycles. The third-order valence-electron chi connectivity index (χ3n) is 2.35. The van der Waals surface area contributed by atoms with Gasteiger partial charge < -0.3 is 15.6 Å². The Morgan fingerprint density at radius 1 is 1.42 bits per heavy atom. The molecule has 6 nitrogen and oxygen atoms in total. The molecule has 7 heteroatoms. The number of nitrogens with two attached hydrogens (primary N) is 1. The largest absolute Gasteiger partial charge is 0.481 e. The Hall–Kier alpha value is -2.15. The van der Waals surface area contributed by atoms with E-state index < -0.39 is 30.0 Å². The monoisotopic (exact) mass is 270 g/mol. The van der Waals surface area contributed by atoms with E-state index in [-0.39, 0.29) is 11.3 Å². The van der Waals surface area contributed by atoms with Crippen LogP contribution in [-0.4, -0.2) is 23.1 Å². The first-order valence-corrected chi connectivity index (χ1v) is 5.55. The third kappa shape index (κ3) is 4.22. The van der Waals surface area contributed by atoms with Gasteiger partial charge in [-0.1, -0.05) is 0 Å². The van der Waals surface area contributed by atoms with Crippen LogP contribution in [0.3, 0.4) is 0 Å². The number of benzene rings is 1. The van der Waals surface area contributed by atoms with Crippen molar-refractivity contribution in [3.8, 4) is 5.75 Å². The fourth-order valence-corrected chi connectivity index (χ4v) is 1.40. The summed E-state index contributed by atoms with van der Waals surface area (Å²) in [7, 11) is 0. The quantitative estimate of drug-likeness (QED) is 0.754. The highest BCUT2D eigenvalue weighted by Gasteiger charge is 2.17. The van der Waals surface area contributed by atoms with Crippen molar-refractivity contribution < 1.29 is 23.8 Å². The number of carbonyl (C=O) groups excluding carboxylic acids is 2. The lowest BCUT2D eigenvalue weighted by molar-refractivity contribution is -0.126. The van der Waals surface area contributed by atoms with Crippen molar-refractivity contribution in [2.75, 3.05) is 0 Å². The van der Waals surface area contributed by atoms with Crippen LogP contribution >= 0.6 is 0 Å². The van der Waals surface area contributed by atoms with Crippen molar-refractivity contribution in [3.63, 3.8) is 0 Å². The molecule has 2 atom stereocenters. The average molecular weight is 270 g/mol. The van der Waals surface area contributed by atoms with Gasteiger partial charge in [0.15, 0.2) is 6.10 Å². The molecule has 0 bridgehead atoms. The summed E-state index contributed by atoms with van der Waals surface area (Å²) in [6, 6.07) is 2.83. The summed E-state index contributed by atoms with van der Waals surface area (Å²) in [5.74, 6) is -1.27. The Bertz CT molecular complexity index is 491. The minimum atomic E-state index is -1.01. The number of halogens is 1. The minimum Gasteiger partial charge on any atom is -0.481 e. The van der Waals surface area contributed by atoms with Gasteiger partial charge in [0.2, 0.25) is 0 Å². The van der Waals surface area contributed by atoms with Crippen molar-refractivity contribution >= 4 is 11.9 Å². The lowest BCUT2D eigenvalue weighted by Crippen LogP contribution is -2.42. The third-order valence-corrected chi connectivity index (χ3v) is 2.35. The molecule has 0 aliphatic heterocycles. The van der Waals surface area contributed by atoms with Crippen LogP contribution in [0, 0.1) is 5.82 Å². The van der Waals surface area contributed by atoms with Crippen molar-refractivity contribution in [3.05, 3.63) is 29.6 Å². The van der Waals surface area contributed by atoms with Crippen molar-refractivity contribution in [2.24, 2.45) is 5.73 Å². The number of rotatable bonds is 4. The molecule has 104 valence electrons. The van der Waals surface area contributed by atoms with Gasteiger partial charge in [-0.15, -0.1) is 0 Å². The smallest absolute Gasteiger partial charge is 0.318 e. The number of hydrogen-bond donors (Lipinski definition) is 3. The van der Waals surface area contributed by atoms with Crippen LogP contribution in [0.2, 0.25) is 0 Å². The van der Waals surface area contributed by atoms with Gasteiger partial charge in [-0.05, 0) is 26.0 Å². The number of aliphatic hydroxyl groups excluding tert-OH is 1. The molecule has 0 heterocycles. The van der Waals surface area contributed by atoms with E-state index in [1.807, 2.05) is 5.32 Å². The summed E-state index contributed by atoms with van der Waals surface area (Å²) in [5.41, 5.74) is 4.91. The Morgan fingerprint density at radius 3 is 2.53 bits per heavy atom. The van der Waals surface area contributed by atoms with Gasteiger partial charge in [0.05, 0.1) is 6.10 Å². The summed E-state index contributed by atoms with van der Waals surface area (Å²) >= 11 is 0. The van der Waals surface area contributed by atoms with Crippen LogP contribution in [0.1, 0.15) is 25.5 Å². The van der Waals surface area contributed by atoms with Crippen LogP contribution in [0.25, 0.3) is 0 Å². The molecule has 0 saturated carbocycles. The Kier molecular flexibility index (Phi) is 4.82. The number of primary amides is 1. The first kappa shape index (κ1) is 14.9. The van der Waals surface area contributed by atoms with Crippen molar-refractivity contribution in [1.82, 2.24) is 5.32 Å². The molecular weight excluding hydrogens is 255 g/mol. The normalized spacial score (nSPS) is 13.5. The van der Waals surface area contributed by atoms with E-state index >= 15 is 0 Å². The van der Waals surface area contributed by atoms with E-state index in [1.165, 1.54) is 26.0 Å². The second-order valence-corrected chi connectivity index (χ2v) is 3.97. The Morgan fingerprint density at radius 2 is 2.05 bits per heavy atom. The Balaban J connectivity index is 2.75. The zero-order valence-corrected chi connectivity index (χ0v) is 10.5. The maximum atomic E-state index is 13.5. The van der Waals surface area contributed by atoms with Crippen molar-refractivity contribution in [2.45, 2.75) is 26.1 Å². The molecule has 19 heavy (non-hydrogen) atoms. The fraction of sp³-hybridized carbons (Fsp3) is 0.333. The standard InChI is InChI=1S/C12H15FN2O4/c1-6(16)9-4-3-8(5-10(9)13)19-7(2)11(17)15-12(14)18/h3-7,16H,1-2H3,(H3,14,15,17,18)/t6-,7?/m1/s1.